The molecule has 0 saturated heterocycles. The van der Waals surface area contributed by atoms with Crippen LogP contribution in [0, 0.1) is 0 Å². The Kier molecular flexibility index (Phi) is 2.59. The summed E-state index contributed by atoms with van der Waals surface area (Å²) in [4.78, 5) is 5.41. The Balaban J connectivity index is 1.79. The molecule has 0 bridgehead atoms. The van der Waals surface area contributed by atoms with Crippen LogP contribution >= 0.6 is 11.8 Å². The van der Waals surface area contributed by atoms with E-state index < -0.39 is 0 Å². The molecular weight excluding hydrogens is 272 g/mol. The SMILES string of the molecule is Nc1ccc(Sc2nnnn2C2CC2)c2cccnc12. The topological polar surface area (TPSA) is 82.5 Å². The molecule has 0 unspecified atom stereocenters. The van der Waals surface area contributed by atoms with E-state index in [1.165, 1.54) is 0 Å². The third kappa shape index (κ3) is 1.90. The Morgan fingerprint density at radius 3 is 3.00 bits per heavy atom. The molecule has 1 saturated carbocycles. The van der Waals surface area contributed by atoms with E-state index >= 15 is 0 Å². The van der Waals surface area contributed by atoms with Crippen LogP contribution in [0.15, 0.2) is 40.5 Å². The van der Waals surface area contributed by atoms with Gasteiger partial charge in [0.2, 0.25) is 5.16 Å². The molecule has 4 rings (SSSR count). The summed E-state index contributed by atoms with van der Waals surface area (Å²) in [5, 5.41) is 13.8. The molecule has 1 aliphatic rings. The summed E-state index contributed by atoms with van der Waals surface area (Å²) in [7, 11) is 0. The Labute approximate surface area is 119 Å². The fourth-order valence-corrected chi connectivity index (χ4v) is 3.12. The minimum absolute atomic E-state index is 0.464. The van der Waals surface area contributed by atoms with Crippen LogP contribution in [-0.2, 0) is 0 Å². The maximum Gasteiger partial charge on any atom is 0.214 e. The number of anilines is 1. The summed E-state index contributed by atoms with van der Waals surface area (Å²) in [6, 6.07) is 8.27. The van der Waals surface area contributed by atoms with Gasteiger partial charge in [-0.3, -0.25) is 4.98 Å². The molecular formula is C13H12N6S. The van der Waals surface area contributed by atoms with Crippen molar-refractivity contribution < 1.29 is 0 Å². The number of fused-ring (bicyclic) bond motifs is 1. The summed E-state index contributed by atoms with van der Waals surface area (Å²) in [6.07, 6.45) is 4.06. The van der Waals surface area contributed by atoms with E-state index in [9.17, 15) is 0 Å². The quantitative estimate of drug-likeness (QED) is 0.743. The Morgan fingerprint density at radius 2 is 2.15 bits per heavy atom. The second-order valence-electron chi connectivity index (χ2n) is 4.79. The third-order valence-electron chi connectivity index (χ3n) is 3.32. The number of aromatic nitrogens is 5. The molecule has 3 aromatic rings. The highest BCUT2D eigenvalue weighted by atomic mass is 32.2. The predicted molar refractivity (Wildman–Crippen MR) is 76.4 cm³/mol. The van der Waals surface area contributed by atoms with Gasteiger partial charge in [-0.25, -0.2) is 4.68 Å². The van der Waals surface area contributed by atoms with Crippen molar-refractivity contribution in [3.8, 4) is 0 Å². The van der Waals surface area contributed by atoms with Crippen LogP contribution in [0.2, 0.25) is 0 Å². The maximum absolute atomic E-state index is 5.97. The number of nitrogens with zero attached hydrogens (tertiary/aromatic N) is 5. The first-order chi connectivity index (χ1) is 9.83. The first-order valence-electron chi connectivity index (χ1n) is 6.42. The molecule has 20 heavy (non-hydrogen) atoms. The van der Waals surface area contributed by atoms with Crippen LogP contribution in [0.3, 0.4) is 0 Å². The number of hydrogen-bond donors (Lipinski definition) is 1. The maximum atomic E-state index is 5.97. The second-order valence-corrected chi connectivity index (χ2v) is 5.80. The number of nitrogen functional groups attached to an aromatic ring is 1. The molecule has 100 valence electrons. The van der Waals surface area contributed by atoms with E-state index in [-0.39, 0.29) is 0 Å². The van der Waals surface area contributed by atoms with E-state index in [1.54, 1.807) is 18.0 Å². The minimum Gasteiger partial charge on any atom is -0.397 e. The molecule has 2 N–H and O–H groups in total. The van der Waals surface area contributed by atoms with Crippen molar-refractivity contribution in [2.75, 3.05) is 5.73 Å². The van der Waals surface area contributed by atoms with Crippen LogP contribution in [0.5, 0.6) is 0 Å². The van der Waals surface area contributed by atoms with E-state index in [4.69, 9.17) is 5.73 Å². The molecule has 0 atom stereocenters. The average Bonchev–Trinajstić information content (AvgIpc) is 3.22. The molecule has 0 aliphatic heterocycles. The average molecular weight is 284 g/mol. The van der Waals surface area contributed by atoms with E-state index in [0.717, 1.165) is 33.8 Å². The van der Waals surface area contributed by atoms with E-state index in [1.807, 2.05) is 28.9 Å². The summed E-state index contributed by atoms with van der Waals surface area (Å²) in [6.45, 7) is 0. The van der Waals surface area contributed by atoms with Crippen molar-refractivity contribution >= 4 is 28.4 Å². The van der Waals surface area contributed by atoms with Crippen molar-refractivity contribution in [3.05, 3.63) is 30.5 Å². The van der Waals surface area contributed by atoms with Crippen molar-refractivity contribution in [2.45, 2.75) is 28.9 Å². The van der Waals surface area contributed by atoms with Gasteiger partial charge in [-0.1, -0.05) is 6.07 Å². The molecule has 1 fully saturated rings. The van der Waals surface area contributed by atoms with Crippen molar-refractivity contribution in [1.29, 1.82) is 0 Å². The van der Waals surface area contributed by atoms with Gasteiger partial charge in [0.25, 0.3) is 0 Å². The van der Waals surface area contributed by atoms with Gasteiger partial charge >= 0.3 is 0 Å². The Hall–Kier alpha value is -2.15. The lowest BCUT2D eigenvalue weighted by molar-refractivity contribution is 0.565. The fraction of sp³-hybridized carbons (Fsp3) is 0.231. The molecule has 0 radical (unpaired) electrons. The number of tetrazole rings is 1. The van der Waals surface area contributed by atoms with Gasteiger partial charge < -0.3 is 5.73 Å². The van der Waals surface area contributed by atoms with Crippen LogP contribution in [0.1, 0.15) is 18.9 Å². The summed E-state index contributed by atoms with van der Waals surface area (Å²) in [5.41, 5.74) is 7.48. The van der Waals surface area contributed by atoms with Crippen molar-refractivity contribution in [3.63, 3.8) is 0 Å². The third-order valence-corrected chi connectivity index (χ3v) is 4.34. The number of benzene rings is 1. The molecule has 6 nitrogen and oxygen atoms in total. The zero-order valence-electron chi connectivity index (χ0n) is 10.6. The first kappa shape index (κ1) is 11.7. The standard InChI is InChI=1S/C13H12N6S/c14-10-5-6-11(9-2-1-7-15-12(9)10)20-13-16-17-18-19(13)8-3-4-8/h1-2,5-8H,3-4,14H2. The van der Waals surface area contributed by atoms with Crippen molar-refractivity contribution in [2.24, 2.45) is 0 Å². The predicted octanol–water partition coefficient (Wildman–Crippen LogP) is 2.29. The number of pyridine rings is 1. The molecule has 1 aliphatic carbocycles. The Morgan fingerprint density at radius 1 is 1.25 bits per heavy atom. The lowest BCUT2D eigenvalue weighted by atomic mass is 10.2. The number of rotatable bonds is 3. The zero-order chi connectivity index (χ0) is 13.5. The summed E-state index contributed by atoms with van der Waals surface area (Å²) >= 11 is 1.56. The highest BCUT2D eigenvalue weighted by Gasteiger charge is 2.28. The molecule has 1 aromatic carbocycles. The molecule has 2 heterocycles. The van der Waals surface area contributed by atoms with Crippen LogP contribution < -0.4 is 5.73 Å². The van der Waals surface area contributed by atoms with Gasteiger partial charge in [-0.05, 0) is 53.2 Å². The lowest BCUT2D eigenvalue weighted by Crippen LogP contribution is -1.98. The van der Waals surface area contributed by atoms with Crippen molar-refractivity contribution in [1.82, 2.24) is 25.2 Å². The van der Waals surface area contributed by atoms with Crippen LogP contribution in [-0.4, -0.2) is 25.2 Å². The number of nitrogens with two attached hydrogens (primary N) is 1. The highest BCUT2D eigenvalue weighted by molar-refractivity contribution is 7.99. The monoisotopic (exact) mass is 284 g/mol. The van der Waals surface area contributed by atoms with E-state index in [0.29, 0.717) is 11.7 Å². The van der Waals surface area contributed by atoms with Crippen LogP contribution in [0.25, 0.3) is 10.9 Å². The molecule has 2 aromatic heterocycles. The van der Waals surface area contributed by atoms with Gasteiger partial charge in [0.1, 0.15) is 0 Å². The summed E-state index contributed by atoms with van der Waals surface area (Å²) in [5.74, 6) is 0. The smallest absolute Gasteiger partial charge is 0.214 e. The minimum atomic E-state index is 0.464. The van der Waals surface area contributed by atoms with Gasteiger partial charge in [-0.15, -0.1) is 5.10 Å². The zero-order valence-corrected chi connectivity index (χ0v) is 11.4. The fourth-order valence-electron chi connectivity index (χ4n) is 2.16. The van der Waals surface area contributed by atoms with Crippen LogP contribution in [0.4, 0.5) is 5.69 Å². The van der Waals surface area contributed by atoms with Gasteiger partial charge in [0, 0.05) is 16.5 Å². The number of hydrogen-bond acceptors (Lipinski definition) is 6. The van der Waals surface area contributed by atoms with Gasteiger partial charge in [0.05, 0.1) is 17.2 Å². The molecule has 0 amide bonds. The largest absolute Gasteiger partial charge is 0.397 e. The molecule has 0 spiro atoms. The second kappa shape index (κ2) is 4.45. The first-order valence-corrected chi connectivity index (χ1v) is 7.23. The summed E-state index contributed by atoms with van der Waals surface area (Å²) < 4.78 is 1.91. The molecule has 7 heteroatoms. The van der Waals surface area contributed by atoms with Gasteiger partial charge in [0.15, 0.2) is 0 Å². The lowest BCUT2D eigenvalue weighted by Gasteiger charge is -2.07. The van der Waals surface area contributed by atoms with Gasteiger partial charge in [-0.2, -0.15) is 0 Å². The normalized spacial score (nSPS) is 14.8. The van der Waals surface area contributed by atoms with E-state index in [2.05, 4.69) is 20.5 Å². The Bertz CT molecular complexity index is 779. The highest BCUT2D eigenvalue weighted by Crippen LogP contribution is 2.39.